The molecule has 0 aromatic heterocycles. The maximum Gasteiger partial charge on any atom is 0.269 e. The maximum absolute atomic E-state index is 11.7. The largest absolute Gasteiger partial charge is 0.376 e. The lowest BCUT2D eigenvalue weighted by Crippen LogP contribution is -2.21. The number of nitrogens with zero attached hydrogens (tertiary/aromatic N) is 1. The number of benzene rings is 2. The molecule has 7 heteroatoms. The fourth-order valence-corrected chi connectivity index (χ4v) is 1.75. The zero-order chi connectivity index (χ0) is 15.2. The Balaban J connectivity index is 1.86. The summed E-state index contributed by atoms with van der Waals surface area (Å²) >= 11 is 5.76. The van der Waals surface area contributed by atoms with Gasteiger partial charge in [-0.25, -0.2) is 0 Å². The van der Waals surface area contributed by atoms with Crippen LogP contribution in [0.5, 0.6) is 0 Å². The van der Waals surface area contributed by atoms with Crippen LogP contribution in [0.1, 0.15) is 0 Å². The van der Waals surface area contributed by atoms with Crippen molar-refractivity contribution in [3.63, 3.8) is 0 Å². The molecule has 0 radical (unpaired) electrons. The third-order valence-electron chi connectivity index (χ3n) is 2.66. The van der Waals surface area contributed by atoms with E-state index in [1.807, 2.05) is 0 Å². The van der Waals surface area contributed by atoms with Crippen LogP contribution in [0.2, 0.25) is 5.02 Å². The van der Waals surface area contributed by atoms with Crippen molar-refractivity contribution in [2.45, 2.75) is 0 Å². The van der Waals surface area contributed by atoms with Crippen LogP contribution in [0.4, 0.5) is 17.1 Å². The van der Waals surface area contributed by atoms with Gasteiger partial charge < -0.3 is 10.6 Å². The molecule has 0 aliphatic carbocycles. The van der Waals surface area contributed by atoms with Crippen LogP contribution in [-0.2, 0) is 4.79 Å². The van der Waals surface area contributed by atoms with Crippen LogP contribution in [0.3, 0.4) is 0 Å². The van der Waals surface area contributed by atoms with E-state index in [1.54, 1.807) is 24.3 Å². The smallest absolute Gasteiger partial charge is 0.269 e. The number of hydrogen-bond donors (Lipinski definition) is 2. The molecule has 6 nitrogen and oxygen atoms in total. The summed E-state index contributed by atoms with van der Waals surface area (Å²) in [6.45, 7) is 0.0820. The lowest BCUT2D eigenvalue weighted by Gasteiger charge is -2.07. The van der Waals surface area contributed by atoms with Gasteiger partial charge in [0.05, 0.1) is 11.5 Å². The number of nitrogens with one attached hydrogen (secondary N) is 2. The molecule has 0 aliphatic rings. The van der Waals surface area contributed by atoms with Crippen molar-refractivity contribution in [3.05, 3.63) is 63.7 Å². The number of nitro benzene ring substituents is 1. The monoisotopic (exact) mass is 305 g/mol. The van der Waals surface area contributed by atoms with E-state index in [2.05, 4.69) is 10.6 Å². The van der Waals surface area contributed by atoms with Gasteiger partial charge in [0.25, 0.3) is 5.69 Å². The first kappa shape index (κ1) is 14.8. The highest BCUT2D eigenvalue weighted by molar-refractivity contribution is 6.30. The lowest BCUT2D eigenvalue weighted by atomic mass is 10.3. The van der Waals surface area contributed by atoms with Crippen LogP contribution in [0.15, 0.2) is 48.5 Å². The molecule has 21 heavy (non-hydrogen) atoms. The molecule has 0 bridgehead atoms. The standard InChI is InChI=1S/C14H12ClN3O3/c15-10-1-3-11(4-2-10)16-9-14(19)17-12-5-7-13(8-6-12)18(20)21/h1-8,16H,9H2,(H,17,19). The fraction of sp³-hybridized carbons (Fsp3) is 0.0714. The second kappa shape index (κ2) is 6.71. The average molecular weight is 306 g/mol. The van der Waals surface area contributed by atoms with Crippen LogP contribution >= 0.6 is 11.6 Å². The van der Waals surface area contributed by atoms with E-state index >= 15 is 0 Å². The summed E-state index contributed by atoms with van der Waals surface area (Å²) in [5.74, 6) is -0.251. The van der Waals surface area contributed by atoms with Gasteiger partial charge in [0.2, 0.25) is 5.91 Å². The molecule has 2 N–H and O–H groups in total. The topological polar surface area (TPSA) is 84.3 Å². The van der Waals surface area contributed by atoms with Crippen molar-refractivity contribution in [3.8, 4) is 0 Å². The van der Waals surface area contributed by atoms with Gasteiger partial charge in [-0.3, -0.25) is 14.9 Å². The van der Waals surface area contributed by atoms with E-state index in [-0.39, 0.29) is 18.1 Å². The Kier molecular flexibility index (Phi) is 4.73. The highest BCUT2D eigenvalue weighted by atomic mass is 35.5. The van der Waals surface area contributed by atoms with E-state index in [0.29, 0.717) is 10.7 Å². The fourth-order valence-electron chi connectivity index (χ4n) is 1.62. The van der Waals surface area contributed by atoms with E-state index in [9.17, 15) is 14.9 Å². The molecule has 0 unspecified atom stereocenters. The third-order valence-corrected chi connectivity index (χ3v) is 2.91. The molecular weight excluding hydrogens is 294 g/mol. The Bertz CT molecular complexity index is 642. The molecule has 2 rings (SSSR count). The van der Waals surface area contributed by atoms with Crippen LogP contribution in [-0.4, -0.2) is 17.4 Å². The number of halogens is 1. The van der Waals surface area contributed by atoms with Gasteiger partial charge >= 0.3 is 0 Å². The minimum absolute atomic E-state index is 0.0210. The van der Waals surface area contributed by atoms with Crippen molar-refractivity contribution in [2.75, 3.05) is 17.2 Å². The summed E-state index contributed by atoms with van der Waals surface area (Å²) in [6.07, 6.45) is 0. The zero-order valence-electron chi connectivity index (χ0n) is 10.9. The number of amides is 1. The molecule has 0 heterocycles. The molecular formula is C14H12ClN3O3. The number of nitro groups is 1. The highest BCUT2D eigenvalue weighted by Gasteiger charge is 2.06. The van der Waals surface area contributed by atoms with E-state index in [0.717, 1.165) is 5.69 Å². The van der Waals surface area contributed by atoms with E-state index in [4.69, 9.17) is 11.6 Å². The number of rotatable bonds is 5. The van der Waals surface area contributed by atoms with Gasteiger partial charge in [-0.15, -0.1) is 0 Å². The number of anilines is 2. The van der Waals surface area contributed by atoms with Gasteiger partial charge in [0.1, 0.15) is 0 Å². The molecule has 0 aliphatic heterocycles. The average Bonchev–Trinajstić information content (AvgIpc) is 2.47. The molecule has 0 saturated heterocycles. The minimum atomic E-state index is -0.492. The number of carbonyl (C=O) groups excluding carboxylic acids is 1. The molecule has 108 valence electrons. The van der Waals surface area contributed by atoms with Gasteiger partial charge in [-0.1, -0.05) is 11.6 Å². The molecule has 0 atom stereocenters. The summed E-state index contributed by atoms with van der Waals surface area (Å²) in [4.78, 5) is 21.8. The lowest BCUT2D eigenvalue weighted by molar-refractivity contribution is -0.384. The second-order valence-corrected chi connectivity index (χ2v) is 4.65. The SMILES string of the molecule is O=C(CNc1ccc(Cl)cc1)Nc1ccc([N+](=O)[O-])cc1. The minimum Gasteiger partial charge on any atom is -0.376 e. The van der Waals surface area contributed by atoms with Crippen molar-refractivity contribution in [1.82, 2.24) is 0 Å². The first-order valence-electron chi connectivity index (χ1n) is 6.08. The van der Waals surface area contributed by atoms with Crippen molar-refractivity contribution >= 4 is 34.6 Å². The van der Waals surface area contributed by atoms with E-state index in [1.165, 1.54) is 24.3 Å². The summed E-state index contributed by atoms with van der Waals surface area (Å²) in [6, 6.07) is 12.6. The Labute approximate surface area is 125 Å². The van der Waals surface area contributed by atoms with Crippen molar-refractivity contribution < 1.29 is 9.72 Å². The van der Waals surface area contributed by atoms with Gasteiger partial charge in [0.15, 0.2) is 0 Å². The summed E-state index contributed by atoms with van der Waals surface area (Å²) in [5, 5.41) is 16.7. The van der Waals surface area contributed by atoms with Gasteiger partial charge in [-0.2, -0.15) is 0 Å². The molecule has 1 amide bonds. The quantitative estimate of drug-likeness (QED) is 0.655. The summed E-state index contributed by atoms with van der Waals surface area (Å²) in [5.41, 5.74) is 1.26. The third kappa shape index (κ3) is 4.47. The first-order chi connectivity index (χ1) is 10.0. The Morgan fingerprint density at radius 2 is 1.62 bits per heavy atom. The van der Waals surface area contributed by atoms with Crippen molar-refractivity contribution in [1.29, 1.82) is 0 Å². The summed E-state index contributed by atoms with van der Waals surface area (Å²) < 4.78 is 0. The van der Waals surface area contributed by atoms with Crippen LogP contribution in [0, 0.1) is 10.1 Å². The van der Waals surface area contributed by atoms with Crippen LogP contribution in [0.25, 0.3) is 0 Å². The summed E-state index contributed by atoms with van der Waals surface area (Å²) in [7, 11) is 0. The molecule has 0 fully saturated rings. The normalized spacial score (nSPS) is 9.95. The predicted octanol–water partition coefficient (Wildman–Crippen LogP) is 3.30. The Hall–Kier alpha value is -2.60. The maximum atomic E-state index is 11.7. The Morgan fingerprint density at radius 3 is 2.19 bits per heavy atom. The van der Waals surface area contributed by atoms with Gasteiger partial charge in [-0.05, 0) is 36.4 Å². The highest BCUT2D eigenvalue weighted by Crippen LogP contribution is 2.16. The molecule has 0 spiro atoms. The zero-order valence-corrected chi connectivity index (χ0v) is 11.6. The predicted molar refractivity (Wildman–Crippen MR) is 81.7 cm³/mol. The molecule has 2 aromatic rings. The van der Waals surface area contributed by atoms with Crippen LogP contribution < -0.4 is 10.6 Å². The number of non-ortho nitro benzene ring substituents is 1. The number of hydrogen-bond acceptors (Lipinski definition) is 4. The first-order valence-corrected chi connectivity index (χ1v) is 6.46. The Morgan fingerprint density at radius 1 is 1.05 bits per heavy atom. The second-order valence-electron chi connectivity index (χ2n) is 4.21. The molecule has 2 aromatic carbocycles. The van der Waals surface area contributed by atoms with E-state index < -0.39 is 4.92 Å². The van der Waals surface area contributed by atoms with Gasteiger partial charge in [0, 0.05) is 28.5 Å². The van der Waals surface area contributed by atoms with Crippen molar-refractivity contribution in [2.24, 2.45) is 0 Å². The number of carbonyl (C=O) groups is 1. The molecule has 0 saturated carbocycles.